The van der Waals surface area contributed by atoms with Gasteiger partial charge in [-0.25, -0.2) is 0 Å². The summed E-state index contributed by atoms with van der Waals surface area (Å²) in [7, 11) is 1.56. The lowest BCUT2D eigenvalue weighted by atomic mass is 10.1. The topological polar surface area (TPSA) is 88.2 Å². The average Bonchev–Trinajstić information content (AvgIpc) is 3.08. The summed E-state index contributed by atoms with van der Waals surface area (Å²) in [4.78, 5) is 41.1. The quantitative estimate of drug-likeness (QED) is 0.651. The van der Waals surface area contributed by atoms with E-state index in [9.17, 15) is 14.4 Å². The zero-order chi connectivity index (χ0) is 23.4. The number of thioether (sulfide) groups is 1. The molecule has 0 atom stereocenters. The number of carbonyl (C=O) groups excluding carboxylic acids is 3. The van der Waals surface area contributed by atoms with Gasteiger partial charge in [0.05, 0.1) is 25.2 Å². The third-order valence-corrected chi connectivity index (χ3v) is 6.37. The van der Waals surface area contributed by atoms with Crippen LogP contribution >= 0.6 is 11.8 Å². The van der Waals surface area contributed by atoms with Crippen LogP contribution in [0.3, 0.4) is 0 Å². The number of hydrogen-bond donors (Lipinski definition) is 1. The maximum Gasteiger partial charge on any atom is 0.294 e. The molecule has 0 aromatic heterocycles. The summed E-state index contributed by atoms with van der Waals surface area (Å²) in [6.45, 7) is 4.73. The molecule has 172 valence electrons. The Bertz CT molecular complexity index is 1090. The molecule has 9 heteroatoms. The van der Waals surface area contributed by atoms with E-state index >= 15 is 0 Å². The molecule has 1 N–H and O–H groups in total. The molecule has 2 heterocycles. The maximum absolute atomic E-state index is 12.8. The van der Waals surface area contributed by atoms with Crippen LogP contribution in [0, 0.1) is 6.92 Å². The fourth-order valence-electron chi connectivity index (χ4n) is 3.64. The highest BCUT2D eigenvalue weighted by molar-refractivity contribution is 8.18. The second kappa shape index (κ2) is 10.1. The molecule has 0 radical (unpaired) electrons. The van der Waals surface area contributed by atoms with Crippen LogP contribution in [0.1, 0.15) is 11.1 Å². The lowest BCUT2D eigenvalue weighted by molar-refractivity contribution is -0.127. The number of methoxy groups -OCH3 is 1. The first-order valence-electron chi connectivity index (χ1n) is 10.6. The van der Waals surface area contributed by atoms with E-state index in [2.05, 4.69) is 16.3 Å². The zero-order valence-electron chi connectivity index (χ0n) is 18.5. The Morgan fingerprint density at radius 3 is 2.55 bits per heavy atom. The number of nitrogens with zero attached hydrogens (tertiary/aromatic N) is 2. The van der Waals surface area contributed by atoms with Crippen molar-refractivity contribution in [1.82, 2.24) is 4.90 Å². The molecule has 0 unspecified atom stereocenters. The van der Waals surface area contributed by atoms with E-state index in [1.165, 1.54) is 0 Å². The SMILES string of the molecule is COc1ccc(NC(=O)CN2C(=O)S/C(=C\c3ccc(N4CCOCC4)cc3C)C2=O)cc1. The van der Waals surface area contributed by atoms with Crippen molar-refractivity contribution >= 4 is 46.3 Å². The molecular formula is C24H25N3O5S. The van der Waals surface area contributed by atoms with E-state index in [1.54, 1.807) is 37.5 Å². The van der Waals surface area contributed by atoms with Gasteiger partial charge in [0.15, 0.2) is 0 Å². The monoisotopic (exact) mass is 467 g/mol. The maximum atomic E-state index is 12.8. The first-order valence-corrected chi connectivity index (χ1v) is 11.4. The fourth-order valence-corrected chi connectivity index (χ4v) is 4.47. The highest BCUT2D eigenvalue weighted by atomic mass is 32.2. The summed E-state index contributed by atoms with van der Waals surface area (Å²) in [6, 6.07) is 12.8. The number of hydrogen-bond acceptors (Lipinski definition) is 7. The summed E-state index contributed by atoms with van der Waals surface area (Å²) < 4.78 is 10.5. The van der Waals surface area contributed by atoms with Crippen LogP contribution < -0.4 is 15.0 Å². The number of imide groups is 1. The smallest absolute Gasteiger partial charge is 0.294 e. The Morgan fingerprint density at radius 2 is 1.88 bits per heavy atom. The lowest BCUT2D eigenvalue weighted by Gasteiger charge is -2.29. The molecule has 33 heavy (non-hydrogen) atoms. The number of rotatable bonds is 6. The molecule has 8 nitrogen and oxygen atoms in total. The highest BCUT2D eigenvalue weighted by Crippen LogP contribution is 2.33. The molecule has 3 amide bonds. The van der Waals surface area contributed by atoms with Gasteiger partial charge in [0.2, 0.25) is 5.91 Å². The van der Waals surface area contributed by atoms with Gasteiger partial charge in [-0.15, -0.1) is 0 Å². The Labute approximate surface area is 196 Å². The molecular weight excluding hydrogens is 442 g/mol. The van der Waals surface area contributed by atoms with Gasteiger partial charge in [-0.1, -0.05) is 6.07 Å². The van der Waals surface area contributed by atoms with Crippen LogP contribution in [0.25, 0.3) is 6.08 Å². The number of anilines is 2. The van der Waals surface area contributed by atoms with Gasteiger partial charge < -0.3 is 19.7 Å². The van der Waals surface area contributed by atoms with Gasteiger partial charge in [-0.05, 0) is 72.3 Å². The van der Waals surface area contributed by atoms with Gasteiger partial charge in [-0.2, -0.15) is 0 Å². The predicted molar refractivity (Wildman–Crippen MR) is 129 cm³/mol. The Hall–Kier alpha value is -3.30. The van der Waals surface area contributed by atoms with Crippen LogP contribution in [0.4, 0.5) is 16.2 Å². The molecule has 0 spiro atoms. The fraction of sp³-hybridized carbons (Fsp3) is 0.292. The Morgan fingerprint density at radius 1 is 1.15 bits per heavy atom. The number of morpholine rings is 1. The van der Waals surface area contributed by atoms with Crippen molar-refractivity contribution in [2.75, 3.05) is 50.2 Å². The Kier molecular flexibility index (Phi) is 7.00. The first-order chi connectivity index (χ1) is 15.9. The third kappa shape index (κ3) is 5.37. The summed E-state index contributed by atoms with van der Waals surface area (Å²) in [6.07, 6.45) is 1.71. The first kappa shape index (κ1) is 22.9. The molecule has 0 aliphatic carbocycles. The molecule has 2 fully saturated rings. The largest absolute Gasteiger partial charge is 0.497 e. The van der Waals surface area contributed by atoms with Crippen LogP contribution in [0.2, 0.25) is 0 Å². The summed E-state index contributed by atoms with van der Waals surface area (Å²) in [5.41, 5.74) is 3.53. The van der Waals surface area contributed by atoms with E-state index in [-0.39, 0.29) is 6.54 Å². The van der Waals surface area contributed by atoms with Crippen LogP contribution in [-0.4, -0.2) is 61.9 Å². The molecule has 0 saturated carbocycles. The molecule has 0 bridgehead atoms. The minimum absolute atomic E-state index is 0.305. The zero-order valence-corrected chi connectivity index (χ0v) is 19.3. The van der Waals surface area contributed by atoms with E-state index in [0.29, 0.717) is 29.6 Å². The number of nitrogens with one attached hydrogen (secondary N) is 1. The van der Waals surface area contributed by atoms with Gasteiger partial charge in [0, 0.05) is 24.5 Å². The van der Waals surface area contributed by atoms with Gasteiger partial charge in [0.1, 0.15) is 12.3 Å². The van der Waals surface area contributed by atoms with Crippen molar-refractivity contribution in [2.45, 2.75) is 6.92 Å². The van der Waals surface area contributed by atoms with Crippen molar-refractivity contribution in [3.05, 3.63) is 58.5 Å². The minimum atomic E-state index is -0.466. The van der Waals surface area contributed by atoms with Gasteiger partial charge in [-0.3, -0.25) is 19.3 Å². The standard InChI is InChI=1S/C24H25N3O5S/c1-16-13-19(26-9-11-32-12-10-26)6-3-17(16)14-21-23(29)27(24(30)33-21)15-22(28)25-18-4-7-20(31-2)8-5-18/h3-8,13-14H,9-12,15H2,1-2H3,(H,25,28)/b21-14-. The number of benzene rings is 2. The summed E-state index contributed by atoms with van der Waals surface area (Å²) in [5.74, 6) is -0.251. The van der Waals surface area contributed by atoms with E-state index < -0.39 is 17.1 Å². The molecule has 2 aromatic carbocycles. The van der Waals surface area contributed by atoms with Crippen LogP contribution in [0.15, 0.2) is 47.4 Å². The number of amides is 3. The van der Waals surface area contributed by atoms with Crippen LogP contribution in [-0.2, 0) is 14.3 Å². The second-order valence-electron chi connectivity index (χ2n) is 7.68. The predicted octanol–water partition coefficient (Wildman–Crippen LogP) is 3.52. The molecule has 2 aliphatic heterocycles. The van der Waals surface area contributed by atoms with E-state index in [4.69, 9.17) is 9.47 Å². The number of ether oxygens (including phenoxy) is 2. The van der Waals surface area contributed by atoms with Crippen molar-refractivity contribution < 1.29 is 23.9 Å². The van der Waals surface area contributed by atoms with Crippen molar-refractivity contribution in [3.63, 3.8) is 0 Å². The van der Waals surface area contributed by atoms with Crippen molar-refractivity contribution in [3.8, 4) is 5.75 Å². The summed E-state index contributed by atoms with van der Waals surface area (Å²) >= 11 is 0.846. The van der Waals surface area contributed by atoms with E-state index in [0.717, 1.165) is 46.6 Å². The number of carbonyl (C=O) groups is 3. The molecule has 2 aromatic rings. The number of aryl methyl sites for hydroxylation is 1. The van der Waals surface area contributed by atoms with Gasteiger partial charge in [0.25, 0.3) is 11.1 Å². The Balaban J connectivity index is 1.42. The highest BCUT2D eigenvalue weighted by Gasteiger charge is 2.36. The molecule has 2 saturated heterocycles. The normalized spacial score (nSPS) is 17.6. The second-order valence-corrected chi connectivity index (χ2v) is 8.68. The van der Waals surface area contributed by atoms with E-state index in [1.807, 2.05) is 19.1 Å². The molecule has 4 rings (SSSR count). The van der Waals surface area contributed by atoms with Crippen LogP contribution in [0.5, 0.6) is 5.75 Å². The minimum Gasteiger partial charge on any atom is -0.497 e. The van der Waals surface area contributed by atoms with Crippen molar-refractivity contribution in [2.24, 2.45) is 0 Å². The molecule has 2 aliphatic rings. The van der Waals surface area contributed by atoms with Crippen molar-refractivity contribution in [1.29, 1.82) is 0 Å². The summed E-state index contributed by atoms with van der Waals surface area (Å²) in [5, 5.41) is 2.23. The lowest BCUT2D eigenvalue weighted by Crippen LogP contribution is -2.36. The third-order valence-electron chi connectivity index (χ3n) is 5.47. The van der Waals surface area contributed by atoms with Gasteiger partial charge >= 0.3 is 0 Å². The average molecular weight is 468 g/mol.